The molecule has 0 radical (unpaired) electrons. The maximum Gasteiger partial charge on any atom is 0.243 e. The summed E-state index contributed by atoms with van der Waals surface area (Å²) in [7, 11) is 0. The van der Waals surface area contributed by atoms with Gasteiger partial charge in [0.2, 0.25) is 11.8 Å². The number of amides is 2. The van der Waals surface area contributed by atoms with E-state index in [-0.39, 0.29) is 11.8 Å². The van der Waals surface area contributed by atoms with Crippen LogP contribution in [0.5, 0.6) is 0 Å². The average Bonchev–Trinajstić information content (AvgIpc) is 2.08. The smallest absolute Gasteiger partial charge is 0.243 e. The lowest BCUT2D eigenvalue weighted by Gasteiger charge is -2.16. The molecule has 62 valence electrons. The van der Waals surface area contributed by atoms with Crippen LogP contribution in [0.15, 0.2) is 0 Å². The maximum atomic E-state index is 11.1. The highest BCUT2D eigenvalue weighted by Crippen LogP contribution is 2.31. The molecule has 0 aromatic rings. The summed E-state index contributed by atoms with van der Waals surface area (Å²) < 4.78 is -0.508. The summed E-state index contributed by atoms with van der Waals surface area (Å²) in [5.74, 6) is 0.560. The molecule has 0 aliphatic carbocycles. The summed E-state index contributed by atoms with van der Waals surface area (Å²) in [5, 5.41) is 2.29. The normalized spacial score (nSPS) is 30.7. The zero-order valence-electron chi connectivity index (χ0n) is 6.64. The zero-order valence-corrected chi connectivity index (χ0v) is 7.46. The third-order valence-electron chi connectivity index (χ3n) is 1.69. The molecule has 1 atom stereocenters. The molecular formula is C7H11NO2S. The van der Waals surface area contributed by atoms with E-state index in [9.17, 15) is 9.59 Å². The molecule has 11 heavy (non-hydrogen) atoms. The van der Waals surface area contributed by atoms with Gasteiger partial charge in [0.1, 0.15) is 4.75 Å². The van der Waals surface area contributed by atoms with E-state index in [1.807, 2.05) is 6.92 Å². The molecule has 0 saturated carbocycles. The van der Waals surface area contributed by atoms with Crippen molar-refractivity contribution in [2.24, 2.45) is 0 Å². The van der Waals surface area contributed by atoms with Crippen molar-refractivity contribution in [2.45, 2.75) is 25.0 Å². The second-order valence-corrected chi connectivity index (χ2v) is 4.49. The van der Waals surface area contributed by atoms with Gasteiger partial charge in [-0.15, -0.1) is 11.8 Å². The fourth-order valence-corrected chi connectivity index (χ4v) is 2.18. The van der Waals surface area contributed by atoms with E-state index in [1.54, 1.807) is 6.92 Å². The van der Waals surface area contributed by atoms with Crippen LogP contribution < -0.4 is 5.32 Å². The number of carbonyl (C=O) groups is 2. The summed E-state index contributed by atoms with van der Waals surface area (Å²) >= 11 is 1.52. The molecule has 1 aliphatic heterocycles. The molecule has 2 amide bonds. The van der Waals surface area contributed by atoms with Crippen LogP contribution in [0.25, 0.3) is 0 Å². The molecule has 0 aromatic carbocycles. The van der Waals surface area contributed by atoms with Gasteiger partial charge in [-0.3, -0.25) is 14.9 Å². The van der Waals surface area contributed by atoms with Gasteiger partial charge in [0.15, 0.2) is 0 Å². The molecule has 0 aromatic heterocycles. The Bertz CT molecular complexity index is 205. The maximum absolute atomic E-state index is 11.1. The Labute approximate surface area is 69.9 Å². The van der Waals surface area contributed by atoms with Gasteiger partial charge in [0.25, 0.3) is 0 Å². The number of thioether (sulfide) groups is 1. The topological polar surface area (TPSA) is 46.2 Å². The highest BCUT2D eigenvalue weighted by Gasteiger charge is 2.42. The average molecular weight is 173 g/mol. The summed E-state index contributed by atoms with van der Waals surface area (Å²) in [6, 6.07) is 0. The van der Waals surface area contributed by atoms with Crippen molar-refractivity contribution >= 4 is 23.6 Å². The fraction of sp³-hybridized carbons (Fsp3) is 0.714. The molecule has 1 aliphatic rings. The lowest BCUT2D eigenvalue weighted by Crippen LogP contribution is -2.31. The second-order valence-electron chi connectivity index (χ2n) is 2.72. The Morgan fingerprint density at radius 3 is 2.64 bits per heavy atom. The van der Waals surface area contributed by atoms with Gasteiger partial charge in [0.05, 0.1) is 6.42 Å². The lowest BCUT2D eigenvalue weighted by atomic mass is 10.1. The highest BCUT2D eigenvalue weighted by atomic mass is 32.2. The predicted octanol–water partition coefficient (Wildman–Crippen LogP) is 0.545. The van der Waals surface area contributed by atoms with Crippen molar-refractivity contribution in [1.29, 1.82) is 0 Å². The third-order valence-corrected chi connectivity index (χ3v) is 2.95. The molecule has 1 fully saturated rings. The number of hydrogen-bond donors (Lipinski definition) is 1. The molecular weight excluding hydrogens is 162 g/mol. The SMILES string of the molecule is CCSC1(C)CC(=O)NC1=O. The van der Waals surface area contributed by atoms with Crippen molar-refractivity contribution in [2.75, 3.05) is 5.75 Å². The first-order chi connectivity index (χ1) is 5.08. The number of nitrogens with one attached hydrogen (secondary N) is 1. The highest BCUT2D eigenvalue weighted by molar-refractivity contribution is 8.01. The van der Waals surface area contributed by atoms with Crippen LogP contribution in [0.2, 0.25) is 0 Å². The van der Waals surface area contributed by atoms with Gasteiger partial charge in [-0.25, -0.2) is 0 Å². The first-order valence-electron chi connectivity index (χ1n) is 3.57. The molecule has 1 rings (SSSR count). The summed E-state index contributed by atoms with van der Waals surface area (Å²) in [6.45, 7) is 3.79. The minimum Gasteiger partial charge on any atom is -0.295 e. The van der Waals surface area contributed by atoms with Gasteiger partial charge in [-0.05, 0) is 12.7 Å². The summed E-state index contributed by atoms with van der Waals surface area (Å²) in [4.78, 5) is 21.9. The monoisotopic (exact) mass is 173 g/mol. The fourth-order valence-electron chi connectivity index (χ4n) is 1.12. The minimum absolute atomic E-state index is 0.144. The summed E-state index contributed by atoms with van der Waals surface area (Å²) in [6.07, 6.45) is 0.324. The summed E-state index contributed by atoms with van der Waals surface area (Å²) in [5.41, 5.74) is 0. The second kappa shape index (κ2) is 2.85. The van der Waals surface area contributed by atoms with E-state index in [1.165, 1.54) is 11.8 Å². The van der Waals surface area contributed by atoms with Crippen LogP contribution in [0.4, 0.5) is 0 Å². The largest absolute Gasteiger partial charge is 0.295 e. The van der Waals surface area contributed by atoms with Gasteiger partial charge in [-0.2, -0.15) is 0 Å². The van der Waals surface area contributed by atoms with Crippen molar-refractivity contribution in [3.05, 3.63) is 0 Å². The third kappa shape index (κ3) is 1.56. The Morgan fingerprint density at radius 2 is 2.27 bits per heavy atom. The predicted molar refractivity (Wildman–Crippen MR) is 44.3 cm³/mol. The van der Waals surface area contributed by atoms with Crippen LogP contribution >= 0.6 is 11.8 Å². The van der Waals surface area contributed by atoms with Crippen molar-refractivity contribution in [3.8, 4) is 0 Å². The molecule has 1 heterocycles. The van der Waals surface area contributed by atoms with Crippen LogP contribution in [0, 0.1) is 0 Å². The molecule has 4 heteroatoms. The standard InChI is InChI=1S/C7H11NO2S/c1-3-11-7(2)4-5(9)8-6(7)10/h3-4H2,1-2H3,(H,8,9,10). The van der Waals surface area contributed by atoms with Crippen molar-refractivity contribution < 1.29 is 9.59 Å². The number of rotatable bonds is 2. The first-order valence-corrected chi connectivity index (χ1v) is 4.55. The van der Waals surface area contributed by atoms with Crippen LogP contribution in [0.1, 0.15) is 20.3 Å². The Hall–Kier alpha value is -0.510. The van der Waals surface area contributed by atoms with Crippen LogP contribution in [-0.4, -0.2) is 22.3 Å². The van der Waals surface area contributed by atoms with Gasteiger partial charge in [0, 0.05) is 0 Å². The van der Waals surface area contributed by atoms with Crippen molar-refractivity contribution in [1.82, 2.24) is 5.32 Å². The Balaban J connectivity index is 2.70. The Morgan fingerprint density at radius 1 is 1.64 bits per heavy atom. The van der Waals surface area contributed by atoms with Gasteiger partial charge >= 0.3 is 0 Å². The number of carbonyl (C=O) groups excluding carboxylic acids is 2. The van der Waals surface area contributed by atoms with Crippen molar-refractivity contribution in [3.63, 3.8) is 0 Å². The first kappa shape index (κ1) is 8.59. The Kier molecular flexibility index (Phi) is 2.23. The molecule has 1 unspecified atom stereocenters. The quantitative estimate of drug-likeness (QED) is 0.620. The van der Waals surface area contributed by atoms with Gasteiger partial charge in [-0.1, -0.05) is 6.92 Å². The van der Waals surface area contributed by atoms with Crippen LogP contribution in [0.3, 0.4) is 0 Å². The number of imide groups is 1. The van der Waals surface area contributed by atoms with Crippen LogP contribution in [-0.2, 0) is 9.59 Å². The van der Waals surface area contributed by atoms with E-state index < -0.39 is 4.75 Å². The molecule has 1 saturated heterocycles. The zero-order chi connectivity index (χ0) is 8.48. The lowest BCUT2D eigenvalue weighted by molar-refractivity contribution is -0.125. The molecule has 3 nitrogen and oxygen atoms in total. The molecule has 0 spiro atoms. The van der Waals surface area contributed by atoms with E-state index in [4.69, 9.17) is 0 Å². The van der Waals surface area contributed by atoms with E-state index in [0.717, 1.165) is 5.75 Å². The van der Waals surface area contributed by atoms with E-state index in [0.29, 0.717) is 6.42 Å². The minimum atomic E-state index is -0.508. The number of hydrogen-bond acceptors (Lipinski definition) is 3. The molecule has 1 N–H and O–H groups in total. The van der Waals surface area contributed by atoms with E-state index >= 15 is 0 Å². The molecule has 0 bridgehead atoms. The van der Waals surface area contributed by atoms with E-state index in [2.05, 4.69) is 5.32 Å². The van der Waals surface area contributed by atoms with Gasteiger partial charge < -0.3 is 0 Å².